The molecule has 0 saturated heterocycles. The zero-order valence-electron chi connectivity index (χ0n) is 11.9. The standard InChI is InChI=1S/C15H24O3Si/c1-4-13-7-9-14(10-8-13)18-19-12-11-15(16-5-2)17-6-3/h4,7-10,15H,1,5-6,11-12,19H2,2-3H3. The van der Waals surface area contributed by atoms with Gasteiger partial charge < -0.3 is 13.9 Å². The lowest BCUT2D eigenvalue weighted by atomic mass is 10.2. The average Bonchev–Trinajstić information content (AvgIpc) is 2.44. The van der Waals surface area contributed by atoms with Crippen molar-refractivity contribution in [3.63, 3.8) is 0 Å². The van der Waals surface area contributed by atoms with Gasteiger partial charge in [0.15, 0.2) is 6.29 Å². The third-order valence-electron chi connectivity index (χ3n) is 2.67. The molecule has 0 aromatic heterocycles. The maximum absolute atomic E-state index is 5.81. The van der Waals surface area contributed by atoms with E-state index in [9.17, 15) is 0 Å². The van der Waals surface area contributed by atoms with Crippen LogP contribution in [0.15, 0.2) is 30.8 Å². The minimum atomic E-state index is -0.568. The first-order chi connectivity index (χ1) is 9.30. The normalized spacial score (nSPS) is 11.3. The predicted octanol–water partition coefficient (Wildman–Crippen LogP) is 3.00. The van der Waals surface area contributed by atoms with Gasteiger partial charge in [-0.15, -0.1) is 0 Å². The second-order valence-corrected chi connectivity index (χ2v) is 5.51. The van der Waals surface area contributed by atoms with Crippen molar-refractivity contribution in [1.29, 1.82) is 0 Å². The van der Waals surface area contributed by atoms with Crippen molar-refractivity contribution in [2.75, 3.05) is 13.2 Å². The molecule has 0 bridgehead atoms. The summed E-state index contributed by atoms with van der Waals surface area (Å²) < 4.78 is 16.8. The molecule has 0 heterocycles. The highest BCUT2D eigenvalue weighted by Crippen LogP contribution is 2.13. The Labute approximate surface area is 118 Å². The Kier molecular flexibility index (Phi) is 8.21. The highest BCUT2D eigenvalue weighted by atomic mass is 28.2. The summed E-state index contributed by atoms with van der Waals surface area (Å²) in [6.07, 6.45) is 2.67. The van der Waals surface area contributed by atoms with Crippen molar-refractivity contribution < 1.29 is 13.9 Å². The molecule has 0 N–H and O–H groups in total. The fourth-order valence-electron chi connectivity index (χ4n) is 1.73. The minimum Gasteiger partial charge on any atom is -0.549 e. The Bertz CT molecular complexity index is 345. The lowest BCUT2D eigenvalue weighted by molar-refractivity contribution is -0.136. The molecule has 0 unspecified atom stereocenters. The van der Waals surface area contributed by atoms with Crippen LogP contribution in [0.3, 0.4) is 0 Å². The van der Waals surface area contributed by atoms with Crippen molar-refractivity contribution in [2.45, 2.75) is 32.6 Å². The summed E-state index contributed by atoms with van der Waals surface area (Å²) in [5.74, 6) is 0.946. The Morgan fingerprint density at radius 1 is 1.16 bits per heavy atom. The maximum atomic E-state index is 5.81. The van der Waals surface area contributed by atoms with E-state index in [1.165, 1.54) is 0 Å². The van der Waals surface area contributed by atoms with Gasteiger partial charge in [-0.05, 0) is 44.0 Å². The van der Waals surface area contributed by atoms with Gasteiger partial charge in [0.2, 0.25) is 9.76 Å². The molecule has 0 amide bonds. The van der Waals surface area contributed by atoms with Crippen molar-refractivity contribution in [3.05, 3.63) is 36.4 Å². The quantitative estimate of drug-likeness (QED) is 0.374. The molecule has 0 aliphatic rings. The van der Waals surface area contributed by atoms with Gasteiger partial charge in [-0.25, -0.2) is 0 Å². The number of ether oxygens (including phenoxy) is 2. The first-order valence-corrected chi connectivity index (χ1v) is 8.46. The van der Waals surface area contributed by atoms with E-state index in [-0.39, 0.29) is 6.29 Å². The molecule has 3 nitrogen and oxygen atoms in total. The van der Waals surface area contributed by atoms with Crippen LogP contribution in [-0.4, -0.2) is 29.3 Å². The first kappa shape index (κ1) is 16.0. The van der Waals surface area contributed by atoms with Crippen LogP contribution in [0.4, 0.5) is 0 Å². The maximum Gasteiger partial charge on any atom is 0.219 e. The number of hydrogen-bond donors (Lipinski definition) is 0. The SMILES string of the molecule is C=Cc1ccc(O[SiH2]CCC(OCC)OCC)cc1. The smallest absolute Gasteiger partial charge is 0.219 e. The van der Waals surface area contributed by atoms with Crippen LogP contribution in [0.5, 0.6) is 5.75 Å². The van der Waals surface area contributed by atoms with Crippen molar-refractivity contribution in [3.8, 4) is 5.75 Å². The molecule has 0 radical (unpaired) electrons. The largest absolute Gasteiger partial charge is 0.549 e. The lowest BCUT2D eigenvalue weighted by Gasteiger charge is -2.16. The van der Waals surface area contributed by atoms with Gasteiger partial charge in [0.1, 0.15) is 5.75 Å². The summed E-state index contributed by atoms with van der Waals surface area (Å²) in [6.45, 7) is 9.09. The molecule has 0 saturated carbocycles. The van der Waals surface area contributed by atoms with Crippen LogP contribution in [0.2, 0.25) is 6.04 Å². The Morgan fingerprint density at radius 3 is 2.32 bits per heavy atom. The summed E-state index contributed by atoms with van der Waals surface area (Å²) in [4.78, 5) is 0. The third kappa shape index (κ3) is 6.57. The van der Waals surface area contributed by atoms with E-state index in [1.54, 1.807) is 0 Å². The van der Waals surface area contributed by atoms with Crippen LogP contribution < -0.4 is 4.43 Å². The van der Waals surface area contributed by atoms with E-state index in [4.69, 9.17) is 13.9 Å². The Morgan fingerprint density at radius 2 is 1.79 bits per heavy atom. The average molecular weight is 280 g/mol. The lowest BCUT2D eigenvalue weighted by Crippen LogP contribution is -2.18. The van der Waals surface area contributed by atoms with Gasteiger partial charge in [0.25, 0.3) is 0 Å². The zero-order valence-corrected chi connectivity index (χ0v) is 13.3. The van der Waals surface area contributed by atoms with Crippen LogP contribution >= 0.6 is 0 Å². The molecule has 0 aliphatic heterocycles. The van der Waals surface area contributed by atoms with Crippen LogP contribution in [0, 0.1) is 0 Å². The molecule has 1 rings (SSSR count). The minimum absolute atomic E-state index is 0.0748. The highest BCUT2D eigenvalue weighted by Gasteiger charge is 2.07. The van der Waals surface area contributed by atoms with E-state index >= 15 is 0 Å². The van der Waals surface area contributed by atoms with Gasteiger partial charge in [-0.2, -0.15) is 0 Å². The Balaban J connectivity index is 2.23. The second-order valence-electron chi connectivity index (χ2n) is 4.10. The van der Waals surface area contributed by atoms with Gasteiger partial charge in [0.05, 0.1) is 0 Å². The van der Waals surface area contributed by atoms with Crippen LogP contribution in [-0.2, 0) is 9.47 Å². The Hall–Kier alpha value is -1.10. The van der Waals surface area contributed by atoms with E-state index < -0.39 is 9.76 Å². The molecule has 0 atom stereocenters. The number of hydrogen-bond acceptors (Lipinski definition) is 3. The highest BCUT2D eigenvalue weighted by molar-refractivity contribution is 6.28. The molecule has 106 valence electrons. The topological polar surface area (TPSA) is 27.7 Å². The molecule has 1 aromatic rings. The van der Waals surface area contributed by atoms with Gasteiger partial charge in [0, 0.05) is 13.2 Å². The summed E-state index contributed by atoms with van der Waals surface area (Å²) in [6, 6.07) is 9.06. The van der Waals surface area contributed by atoms with E-state index in [0.29, 0.717) is 13.2 Å². The van der Waals surface area contributed by atoms with Crippen molar-refractivity contribution in [1.82, 2.24) is 0 Å². The van der Waals surface area contributed by atoms with Crippen molar-refractivity contribution >= 4 is 15.8 Å². The van der Waals surface area contributed by atoms with Gasteiger partial charge >= 0.3 is 0 Å². The number of benzene rings is 1. The molecule has 0 fully saturated rings. The molecule has 4 heteroatoms. The summed E-state index contributed by atoms with van der Waals surface area (Å²) in [5, 5.41) is 0. The monoisotopic (exact) mass is 280 g/mol. The van der Waals surface area contributed by atoms with Gasteiger partial charge in [-0.3, -0.25) is 0 Å². The number of rotatable bonds is 10. The van der Waals surface area contributed by atoms with E-state index in [0.717, 1.165) is 23.8 Å². The molecular weight excluding hydrogens is 256 g/mol. The summed E-state index contributed by atoms with van der Waals surface area (Å²) in [5.41, 5.74) is 1.11. The van der Waals surface area contributed by atoms with Crippen molar-refractivity contribution in [2.24, 2.45) is 0 Å². The van der Waals surface area contributed by atoms with Gasteiger partial charge in [-0.1, -0.05) is 24.8 Å². The van der Waals surface area contributed by atoms with E-state index in [1.807, 2.05) is 44.2 Å². The molecule has 0 spiro atoms. The van der Waals surface area contributed by atoms with Crippen LogP contribution in [0.25, 0.3) is 6.08 Å². The fraction of sp³-hybridized carbons (Fsp3) is 0.467. The predicted molar refractivity (Wildman–Crippen MR) is 82.2 cm³/mol. The summed E-state index contributed by atoms with van der Waals surface area (Å²) in [7, 11) is -0.568. The van der Waals surface area contributed by atoms with Crippen LogP contribution in [0.1, 0.15) is 25.8 Å². The molecule has 1 aromatic carbocycles. The first-order valence-electron chi connectivity index (χ1n) is 6.88. The molecule has 19 heavy (non-hydrogen) atoms. The summed E-state index contributed by atoms with van der Waals surface area (Å²) >= 11 is 0. The molecule has 0 aliphatic carbocycles. The van der Waals surface area contributed by atoms with E-state index in [2.05, 4.69) is 6.58 Å². The second kappa shape index (κ2) is 9.78. The fourth-order valence-corrected chi connectivity index (χ4v) is 2.80. The zero-order chi connectivity index (χ0) is 13.9. The molecular formula is C15H24O3Si. The third-order valence-corrected chi connectivity index (χ3v) is 3.91.